The molecule has 0 aromatic heterocycles. The van der Waals surface area contributed by atoms with Crippen molar-refractivity contribution in [1.29, 1.82) is 0 Å². The van der Waals surface area contributed by atoms with Crippen LogP contribution in [0.4, 0.5) is 0 Å². The van der Waals surface area contributed by atoms with Crippen LogP contribution in [0.5, 0.6) is 5.75 Å². The van der Waals surface area contributed by atoms with E-state index in [1.54, 1.807) is 7.11 Å². The fourth-order valence-electron chi connectivity index (χ4n) is 3.72. The number of piperazine rings is 1. The monoisotopic (exact) mass is 326 g/mol. The van der Waals surface area contributed by atoms with Crippen LogP contribution in [-0.2, 0) is 0 Å². The summed E-state index contributed by atoms with van der Waals surface area (Å²) in [7, 11) is 1.73. The lowest BCUT2D eigenvalue weighted by Crippen LogP contribution is -2.45. The molecule has 1 heterocycles. The van der Waals surface area contributed by atoms with Crippen LogP contribution in [0.25, 0.3) is 10.8 Å². The summed E-state index contributed by atoms with van der Waals surface area (Å²) < 4.78 is 5.35. The second kappa shape index (κ2) is 8.50. The Morgan fingerprint density at radius 2 is 1.79 bits per heavy atom. The lowest BCUT2D eigenvalue weighted by atomic mass is 9.95. The molecule has 1 fully saturated rings. The highest BCUT2D eigenvalue weighted by Gasteiger charge is 2.21. The third-order valence-corrected chi connectivity index (χ3v) is 5.13. The molecule has 0 radical (unpaired) electrons. The first-order chi connectivity index (χ1) is 11.8. The SMILES string of the molecule is CCCCC[C@@H](c1ccc2cc(OC)ccc2c1)N1CCNCC1. The molecule has 0 saturated carbocycles. The minimum Gasteiger partial charge on any atom is -0.497 e. The molecule has 3 heteroatoms. The largest absolute Gasteiger partial charge is 0.497 e. The standard InChI is InChI=1S/C21H30N2O/c1-3-4-5-6-21(23-13-11-22-12-14-23)19-8-7-18-16-20(24-2)10-9-17(18)15-19/h7-10,15-16,21-22H,3-6,11-14H2,1-2H3/t21-/m0/s1. The Balaban J connectivity index is 1.85. The van der Waals surface area contributed by atoms with Gasteiger partial charge in [0.1, 0.15) is 5.75 Å². The molecule has 2 aromatic rings. The molecule has 0 spiro atoms. The Morgan fingerprint density at radius 1 is 1.04 bits per heavy atom. The van der Waals surface area contributed by atoms with Crippen LogP contribution in [0.2, 0.25) is 0 Å². The van der Waals surface area contributed by atoms with Crippen molar-refractivity contribution in [2.45, 2.75) is 38.6 Å². The van der Waals surface area contributed by atoms with Gasteiger partial charge < -0.3 is 10.1 Å². The number of benzene rings is 2. The first-order valence-electron chi connectivity index (χ1n) is 9.34. The Bertz CT molecular complexity index is 649. The summed E-state index contributed by atoms with van der Waals surface area (Å²) in [6.07, 6.45) is 5.18. The Labute approximate surface area is 146 Å². The van der Waals surface area contributed by atoms with Crippen molar-refractivity contribution in [3.63, 3.8) is 0 Å². The normalized spacial score (nSPS) is 17.1. The second-order valence-corrected chi connectivity index (χ2v) is 6.77. The summed E-state index contributed by atoms with van der Waals surface area (Å²) in [5.74, 6) is 0.928. The maximum absolute atomic E-state index is 5.35. The van der Waals surface area contributed by atoms with Crippen molar-refractivity contribution in [3.05, 3.63) is 42.0 Å². The predicted molar refractivity (Wildman–Crippen MR) is 102 cm³/mol. The van der Waals surface area contributed by atoms with Gasteiger partial charge in [-0.1, -0.05) is 44.4 Å². The summed E-state index contributed by atoms with van der Waals surface area (Å²) in [5.41, 5.74) is 1.46. The van der Waals surface area contributed by atoms with Crippen LogP contribution in [0.1, 0.15) is 44.2 Å². The zero-order valence-corrected chi connectivity index (χ0v) is 15.1. The Hall–Kier alpha value is -1.58. The number of nitrogens with one attached hydrogen (secondary N) is 1. The predicted octanol–water partition coefficient (Wildman–Crippen LogP) is 4.38. The number of nitrogens with zero attached hydrogens (tertiary/aromatic N) is 1. The summed E-state index contributed by atoms with van der Waals surface area (Å²) in [5, 5.41) is 6.04. The van der Waals surface area contributed by atoms with Crippen molar-refractivity contribution in [3.8, 4) is 5.75 Å². The third kappa shape index (κ3) is 4.08. The average molecular weight is 326 g/mol. The lowest BCUT2D eigenvalue weighted by Gasteiger charge is -2.35. The molecule has 0 aliphatic carbocycles. The van der Waals surface area contributed by atoms with Gasteiger partial charge in [-0.25, -0.2) is 0 Å². The van der Waals surface area contributed by atoms with E-state index in [0.717, 1.165) is 31.9 Å². The number of ether oxygens (including phenoxy) is 1. The molecule has 130 valence electrons. The van der Waals surface area contributed by atoms with Crippen molar-refractivity contribution in [1.82, 2.24) is 10.2 Å². The topological polar surface area (TPSA) is 24.5 Å². The zero-order valence-electron chi connectivity index (χ0n) is 15.1. The van der Waals surface area contributed by atoms with E-state index in [4.69, 9.17) is 4.74 Å². The van der Waals surface area contributed by atoms with Crippen molar-refractivity contribution in [2.24, 2.45) is 0 Å². The van der Waals surface area contributed by atoms with Crippen molar-refractivity contribution < 1.29 is 4.74 Å². The van der Waals surface area contributed by atoms with Gasteiger partial charge in [-0.15, -0.1) is 0 Å². The lowest BCUT2D eigenvalue weighted by molar-refractivity contribution is 0.163. The molecule has 3 nitrogen and oxygen atoms in total. The second-order valence-electron chi connectivity index (χ2n) is 6.77. The van der Waals surface area contributed by atoms with E-state index in [1.807, 2.05) is 0 Å². The zero-order chi connectivity index (χ0) is 16.8. The highest BCUT2D eigenvalue weighted by molar-refractivity contribution is 5.84. The van der Waals surface area contributed by atoms with Gasteiger partial charge >= 0.3 is 0 Å². The number of rotatable bonds is 7. The molecule has 3 rings (SSSR count). The van der Waals surface area contributed by atoms with Gasteiger partial charge in [0, 0.05) is 32.2 Å². The fraction of sp³-hybridized carbons (Fsp3) is 0.524. The molecule has 0 unspecified atom stereocenters. The number of methoxy groups -OCH3 is 1. The molecule has 24 heavy (non-hydrogen) atoms. The van der Waals surface area contributed by atoms with Gasteiger partial charge in [-0.3, -0.25) is 4.90 Å². The quantitative estimate of drug-likeness (QED) is 0.764. The number of hydrogen-bond acceptors (Lipinski definition) is 3. The molecular formula is C21H30N2O. The first kappa shape index (κ1) is 17.2. The van der Waals surface area contributed by atoms with E-state index >= 15 is 0 Å². The molecule has 2 aromatic carbocycles. The van der Waals surface area contributed by atoms with Crippen LogP contribution in [0.3, 0.4) is 0 Å². The highest BCUT2D eigenvalue weighted by Crippen LogP contribution is 2.30. The van der Waals surface area contributed by atoms with E-state index in [-0.39, 0.29) is 0 Å². The minimum atomic E-state index is 0.546. The highest BCUT2D eigenvalue weighted by atomic mass is 16.5. The summed E-state index contributed by atoms with van der Waals surface area (Å²) in [4.78, 5) is 2.66. The number of unbranched alkanes of at least 4 members (excludes halogenated alkanes) is 2. The smallest absolute Gasteiger partial charge is 0.119 e. The van der Waals surface area contributed by atoms with Crippen LogP contribution in [0.15, 0.2) is 36.4 Å². The van der Waals surface area contributed by atoms with Crippen LogP contribution < -0.4 is 10.1 Å². The fourth-order valence-corrected chi connectivity index (χ4v) is 3.72. The molecule has 1 aliphatic rings. The molecule has 1 aliphatic heterocycles. The summed E-state index contributed by atoms with van der Waals surface area (Å²) >= 11 is 0. The van der Waals surface area contributed by atoms with Gasteiger partial charge in [0.2, 0.25) is 0 Å². The van der Waals surface area contributed by atoms with Crippen molar-refractivity contribution >= 4 is 10.8 Å². The van der Waals surface area contributed by atoms with Crippen LogP contribution in [-0.4, -0.2) is 38.2 Å². The average Bonchev–Trinajstić information content (AvgIpc) is 2.65. The van der Waals surface area contributed by atoms with E-state index in [0.29, 0.717) is 6.04 Å². The summed E-state index contributed by atoms with van der Waals surface area (Å²) in [6, 6.07) is 13.9. The molecule has 0 amide bonds. The summed E-state index contributed by atoms with van der Waals surface area (Å²) in [6.45, 7) is 6.79. The third-order valence-electron chi connectivity index (χ3n) is 5.13. The van der Waals surface area contributed by atoms with Gasteiger partial charge in [0.25, 0.3) is 0 Å². The number of hydrogen-bond donors (Lipinski definition) is 1. The van der Waals surface area contributed by atoms with Crippen molar-refractivity contribution in [2.75, 3.05) is 33.3 Å². The first-order valence-corrected chi connectivity index (χ1v) is 9.34. The van der Waals surface area contributed by atoms with Crippen LogP contribution in [0, 0.1) is 0 Å². The molecule has 1 N–H and O–H groups in total. The van der Waals surface area contributed by atoms with Gasteiger partial charge in [0.05, 0.1) is 7.11 Å². The Morgan fingerprint density at radius 3 is 2.54 bits per heavy atom. The van der Waals surface area contributed by atoms with Crippen LogP contribution >= 0.6 is 0 Å². The van der Waals surface area contributed by atoms with E-state index < -0.39 is 0 Å². The van der Waals surface area contributed by atoms with Gasteiger partial charge in [-0.05, 0) is 41.0 Å². The maximum Gasteiger partial charge on any atom is 0.119 e. The number of fused-ring (bicyclic) bond motifs is 1. The molecular weight excluding hydrogens is 296 g/mol. The van der Waals surface area contributed by atoms with E-state index in [1.165, 1.54) is 42.0 Å². The molecule has 0 bridgehead atoms. The molecule has 1 atom stereocenters. The molecule has 1 saturated heterocycles. The van der Waals surface area contributed by atoms with Gasteiger partial charge in [-0.2, -0.15) is 0 Å². The maximum atomic E-state index is 5.35. The Kier molecular flexibility index (Phi) is 6.11. The minimum absolute atomic E-state index is 0.546. The van der Waals surface area contributed by atoms with Gasteiger partial charge in [0.15, 0.2) is 0 Å². The van der Waals surface area contributed by atoms with E-state index in [9.17, 15) is 0 Å². The van der Waals surface area contributed by atoms with E-state index in [2.05, 4.69) is 53.5 Å².